The summed E-state index contributed by atoms with van der Waals surface area (Å²) in [5.74, 6) is -1.09. The SMILES string of the molecule is CCCCCOC1=C(F)C(F)(c2ccccc2-c2cccc(C3CC[Si](CCC)CC3)c2F)CC=C1. The van der Waals surface area contributed by atoms with Gasteiger partial charge in [0, 0.05) is 26.3 Å². The van der Waals surface area contributed by atoms with Crippen LogP contribution in [0.3, 0.4) is 0 Å². The lowest BCUT2D eigenvalue weighted by Crippen LogP contribution is -2.25. The molecule has 2 aromatic rings. The lowest BCUT2D eigenvalue weighted by atomic mass is 9.81. The number of rotatable bonds is 10. The minimum atomic E-state index is -2.39. The molecule has 4 rings (SSSR count). The van der Waals surface area contributed by atoms with Crippen molar-refractivity contribution in [3.8, 4) is 11.1 Å². The van der Waals surface area contributed by atoms with E-state index in [1.807, 2.05) is 12.1 Å². The van der Waals surface area contributed by atoms with Crippen LogP contribution in [-0.4, -0.2) is 15.4 Å². The van der Waals surface area contributed by atoms with Gasteiger partial charge in [0.1, 0.15) is 5.82 Å². The molecule has 0 amide bonds. The third-order valence-corrected chi connectivity index (χ3v) is 10.8. The van der Waals surface area contributed by atoms with E-state index >= 15 is 13.2 Å². The Morgan fingerprint density at radius 3 is 2.44 bits per heavy atom. The third-order valence-electron chi connectivity index (χ3n) is 7.65. The Balaban J connectivity index is 1.65. The fraction of sp³-hybridized carbons (Fsp3) is 0.484. The zero-order chi connectivity index (χ0) is 25.5. The van der Waals surface area contributed by atoms with Crippen molar-refractivity contribution in [2.75, 3.05) is 6.61 Å². The van der Waals surface area contributed by atoms with Crippen LogP contribution in [0.25, 0.3) is 11.1 Å². The van der Waals surface area contributed by atoms with E-state index in [1.165, 1.54) is 30.6 Å². The first-order valence-electron chi connectivity index (χ1n) is 13.6. The molecular weight excluding hydrogens is 473 g/mol. The number of hydrogen-bond acceptors (Lipinski definition) is 1. The average molecular weight is 512 g/mol. The second-order valence-electron chi connectivity index (χ2n) is 10.2. The molecule has 2 aromatic carbocycles. The molecule has 2 aliphatic rings. The van der Waals surface area contributed by atoms with E-state index in [0.29, 0.717) is 23.3 Å². The zero-order valence-electron chi connectivity index (χ0n) is 21.6. The molecule has 1 saturated heterocycles. The normalized spacial score (nSPS) is 21.2. The maximum atomic E-state index is 16.5. The van der Waals surface area contributed by atoms with Crippen LogP contribution in [0.15, 0.2) is 66.2 Å². The van der Waals surface area contributed by atoms with Gasteiger partial charge < -0.3 is 4.74 Å². The van der Waals surface area contributed by atoms with E-state index in [-0.39, 0.29) is 38.3 Å². The highest BCUT2D eigenvalue weighted by atomic mass is 28.3. The van der Waals surface area contributed by atoms with Crippen LogP contribution in [-0.2, 0) is 10.4 Å². The van der Waals surface area contributed by atoms with Gasteiger partial charge in [0.15, 0.2) is 17.3 Å². The van der Waals surface area contributed by atoms with Crippen molar-refractivity contribution in [2.45, 2.75) is 88.5 Å². The van der Waals surface area contributed by atoms with Crippen LogP contribution in [0.5, 0.6) is 0 Å². The Morgan fingerprint density at radius 1 is 0.944 bits per heavy atom. The Labute approximate surface area is 216 Å². The van der Waals surface area contributed by atoms with Gasteiger partial charge in [0.25, 0.3) is 0 Å². The molecule has 1 aliphatic carbocycles. The minimum absolute atomic E-state index is 0.0595. The average Bonchev–Trinajstić information content (AvgIpc) is 2.90. The van der Waals surface area contributed by atoms with Gasteiger partial charge in [-0.15, -0.1) is 0 Å². The van der Waals surface area contributed by atoms with Gasteiger partial charge in [0.05, 0.1) is 6.61 Å². The summed E-state index contributed by atoms with van der Waals surface area (Å²) < 4.78 is 53.7. The lowest BCUT2D eigenvalue weighted by molar-refractivity contribution is 0.138. The number of alkyl halides is 1. The van der Waals surface area contributed by atoms with Crippen LogP contribution in [0.1, 0.15) is 75.8 Å². The number of allylic oxidation sites excluding steroid dienone is 3. The number of halogens is 3. The summed E-state index contributed by atoms with van der Waals surface area (Å²) in [6.45, 7) is 4.66. The lowest BCUT2D eigenvalue weighted by Gasteiger charge is -2.30. The van der Waals surface area contributed by atoms with Crippen molar-refractivity contribution in [1.29, 1.82) is 0 Å². The highest BCUT2D eigenvalue weighted by Crippen LogP contribution is 2.47. The quantitative estimate of drug-likeness (QED) is 0.228. The highest BCUT2D eigenvalue weighted by molar-refractivity contribution is 6.59. The van der Waals surface area contributed by atoms with E-state index in [4.69, 9.17) is 4.74 Å². The molecular formula is C31H38F3OSi. The fourth-order valence-electron chi connectivity index (χ4n) is 5.64. The number of hydrogen-bond donors (Lipinski definition) is 0. The molecule has 0 N–H and O–H groups in total. The third kappa shape index (κ3) is 5.66. The minimum Gasteiger partial charge on any atom is -0.491 e. The first kappa shape index (κ1) is 26.8. The molecule has 0 aromatic heterocycles. The van der Waals surface area contributed by atoms with Gasteiger partial charge >= 0.3 is 0 Å². The molecule has 0 bridgehead atoms. The summed E-state index contributed by atoms with van der Waals surface area (Å²) in [6, 6.07) is 15.9. The van der Waals surface area contributed by atoms with E-state index < -0.39 is 11.5 Å². The fourth-order valence-corrected chi connectivity index (χ4v) is 8.61. The Kier molecular flexibility index (Phi) is 9.16. The molecule has 1 radical (unpaired) electrons. The van der Waals surface area contributed by atoms with Crippen molar-refractivity contribution < 1.29 is 17.9 Å². The van der Waals surface area contributed by atoms with Gasteiger partial charge in [-0.3, -0.25) is 0 Å². The molecule has 1 nitrogen and oxygen atoms in total. The number of benzene rings is 2. The van der Waals surface area contributed by atoms with E-state index in [1.54, 1.807) is 36.4 Å². The van der Waals surface area contributed by atoms with Crippen molar-refractivity contribution in [2.24, 2.45) is 0 Å². The van der Waals surface area contributed by atoms with E-state index in [9.17, 15) is 0 Å². The Bertz CT molecular complexity index is 1090. The Hall–Kier alpha value is -2.27. The van der Waals surface area contributed by atoms with E-state index in [0.717, 1.165) is 32.1 Å². The summed E-state index contributed by atoms with van der Waals surface area (Å²) in [5.41, 5.74) is -0.780. The van der Waals surface area contributed by atoms with Crippen molar-refractivity contribution in [3.63, 3.8) is 0 Å². The topological polar surface area (TPSA) is 9.23 Å². The van der Waals surface area contributed by atoms with Gasteiger partial charge in [-0.25, -0.2) is 13.2 Å². The van der Waals surface area contributed by atoms with Gasteiger partial charge in [-0.2, -0.15) is 0 Å². The number of unbranched alkanes of at least 4 members (excludes halogenated alkanes) is 2. The van der Waals surface area contributed by atoms with E-state index in [2.05, 4.69) is 13.8 Å². The van der Waals surface area contributed by atoms with Crippen LogP contribution < -0.4 is 0 Å². The first-order chi connectivity index (χ1) is 17.5. The van der Waals surface area contributed by atoms with Crippen molar-refractivity contribution >= 4 is 8.80 Å². The smallest absolute Gasteiger partial charge is 0.194 e. The molecule has 193 valence electrons. The van der Waals surface area contributed by atoms with Gasteiger partial charge in [0.2, 0.25) is 0 Å². The standard InChI is InChI=1S/C31H38F3OSi/c1-3-5-8-19-35-28-15-10-18-31(34,30(28)33)27-14-7-6-11-25(27)26-13-9-12-24(29(26)32)23-16-21-36(20-4-2)22-17-23/h6-7,9-15,23H,3-5,8,16-22H2,1-2H3. The highest BCUT2D eigenvalue weighted by Gasteiger charge is 2.43. The van der Waals surface area contributed by atoms with Crippen LogP contribution >= 0.6 is 0 Å². The summed E-state index contributed by atoms with van der Waals surface area (Å²) >= 11 is 0. The molecule has 1 heterocycles. The van der Waals surface area contributed by atoms with Crippen molar-refractivity contribution in [3.05, 3.63) is 83.1 Å². The zero-order valence-corrected chi connectivity index (χ0v) is 22.6. The predicted molar refractivity (Wildman–Crippen MR) is 144 cm³/mol. The molecule has 1 unspecified atom stereocenters. The van der Waals surface area contributed by atoms with Crippen molar-refractivity contribution in [1.82, 2.24) is 0 Å². The molecule has 5 heteroatoms. The summed E-state index contributed by atoms with van der Waals surface area (Å²) in [5, 5.41) is 0. The molecule has 0 spiro atoms. The maximum absolute atomic E-state index is 16.5. The summed E-state index contributed by atoms with van der Waals surface area (Å²) in [6.07, 6.45) is 9.03. The number of ether oxygens (including phenoxy) is 1. The van der Waals surface area contributed by atoms with Gasteiger partial charge in [-0.1, -0.05) is 99.8 Å². The summed E-state index contributed by atoms with van der Waals surface area (Å²) in [4.78, 5) is 0. The molecule has 1 atom stereocenters. The summed E-state index contributed by atoms with van der Waals surface area (Å²) in [7, 11) is -0.300. The maximum Gasteiger partial charge on any atom is 0.194 e. The first-order valence-corrected chi connectivity index (χ1v) is 15.7. The second kappa shape index (κ2) is 12.3. The Morgan fingerprint density at radius 2 is 1.69 bits per heavy atom. The largest absolute Gasteiger partial charge is 0.491 e. The van der Waals surface area contributed by atoms with Crippen LogP contribution in [0, 0.1) is 5.82 Å². The second-order valence-corrected chi connectivity index (χ2v) is 13.2. The van der Waals surface area contributed by atoms with Crippen LogP contribution in [0.2, 0.25) is 18.1 Å². The molecule has 0 saturated carbocycles. The molecule has 1 aliphatic heterocycles. The predicted octanol–water partition coefficient (Wildman–Crippen LogP) is 9.79. The van der Waals surface area contributed by atoms with Gasteiger partial charge in [-0.05, 0) is 42.4 Å². The molecule has 36 heavy (non-hydrogen) atoms. The monoisotopic (exact) mass is 511 g/mol. The molecule has 1 fully saturated rings. The van der Waals surface area contributed by atoms with Crippen LogP contribution in [0.4, 0.5) is 13.2 Å².